The van der Waals surface area contributed by atoms with Gasteiger partial charge < -0.3 is 10.6 Å². The van der Waals surface area contributed by atoms with Crippen LogP contribution in [-0.2, 0) is 4.79 Å². The van der Waals surface area contributed by atoms with E-state index in [2.05, 4.69) is 45.3 Å². The standard InChI is InChI=1S/C15H28N2O/c1-10(2)16-9-13(18)17-12-8-11-6-7-15(12,5)14(11,3)4/h10-12,16H,6-9H2,1-5H3,(H,17,18). The molecule has 18 heavy (non-hydrogen) atoms. The molecule has 0 aromatic rings. The number of rotatable bonds is 4. The van der Waals surface area contributed by atoms with Crippen LogP contribution in [0.1, 0.15) is 53.9 Å². The van der Waals surface area contributed by atoms with Crippen LogP contribution in [0, 0.1) is 16.7 Å². The Balaban J connectivity index is 1.94. The maximum Gasteiger partial charge on any atom is 0.234 e. The normalized spacial score (nSPS) is 37.2. The second kappa shape index (κ2) is 4.52. The van der Waals surface area contributed by atoms with Gasteiger partial charge in [-0.2, -0.15) is 0 Å². The fourth-order valence-electron chi connectivity index (χ4n) is 3.96. The molecule has 2 fully saturated rings. The zero-order chi connectivity index (χ0) is 13.6. The monoisotopic (exact) mass is 252 g/mol. The first-order valence-corrected chi connectivity index (χ1v) is 7.30. The summed E-state index contributed by atoms with van der Waals surface area (Å²) in [5, 5.41) is 6.44. The summed E-state index contributed by atoms with van der Waals surface area (Å²) in [5.41, 5.74) is 0.654. The third-order valence-corrected chi connectivity index (χ3v) is 5.80. The average Bonchev–Trinajstić information content (AvgIpc) is 2.59. The Morgan fingerprint density at radius 1 is 1.33 bits per heavy atom. The van der Waals surface area contributed by atoms with E-state index in [4.69, 9.17) is 0 Å². The summed E-state index contributed by atoms with van der Waals surface area (Å²) in [6, 6.07) is 0.732. The number of amides is 1. The van der Waals surface area contributed by atoms with Crippen molar-refractivity contribution in [2.75, 3.05) is 6.54 Å². The molecule has 2 N–H and O–H groups in total. The molecule has 2 aliphatic rings. The second-order valence-corrected chi connectivity index (χ2v) is 7.27. The molecule has 0 aliphatic heterocycles. The van der Waals surface area contributed by atoms with E-state index in [1.165, 1.54) is 12.8 Å². The van der Waals surface area contributed by atoms with Crippen molar-refractivity contribution >= 4 is 5.91 Å². The minimum absolute atomic E-state index is 0.151. The minimum atomic E-state index is 0.151. The largest absolute Gasteiger partial charge is 0.352 e. The van der Waals surface area contributed by atoms with Gasteiger partial charge in [0.1, 0.15) is 0 Å². The Labute approximate surface area is 111 Å². The maximum absolute atomic E-state index is 12.0. The van der Waals surface area contributed by atoms with Crippen molar-refractivity contribution in [3.8, 4) is 0 Å². The fraction of sp³-hybridized carbons (Fsp3) is 0.933. The van der Waals surface area contributed by atoms with E-state index in [1.807, 2.05) is 0 Å². The molecule has 104 valence electrons. The Kier molecular flexibility index (Phi) is 3.48. The molecule has 0 aromatic heterocycles. The zero-order valence-corrected chi connectivity index (χ0v) is 12.5. The van der Waals surface area contributed by atoms with E-state index < -0.39 is 0 Å². The van der Waals surface area contributed by atoms with E-state index in [-0.39, 0.29) is 11.3 Å². The molecular formula is C15H28N2O. The predicted octanol–water partition coefficient (Wildman–Crippen LogP) is 2.32. The number of hydrogen-bond acceptors (Lipinski definition) is 2. The minimum Gasteiger partial charge on any atom is -0.352 e. The fourth-order valence-corrected chi connectivity index (χ4v) is 3.96. The lowest BCUT2D eigenvalue weighted by molar-refractivity contribution is -0.122. The summed E-state index contributed by atoms with van der Waals surface area (Å²) in [6.45, 7) is 11.7. The highest BCUT2D eigenvalue weighted by Gasteiger charge is 2.61. The molecule has 0 heterocycles. The molecule has 2 bridgehead atoms. The lowest BCUT2D eigenvalue weighted by Gasteiger charge is -2.39. The molecule has 0 saturated heterocycles. The number of fused-ring (bicyclic) bond motifs is 2. The van der Waals surface area contributed by atoms with Gasteiger partial charge in [0.2, 0.25) is 5.91 Å². The average molecular weight is 252 g/mol. The first-order chi connectivity index (χ1) is 8.27. The zero-order valence-electron chi connectivity index (χ0n) is 12.5. The summed E-state index contributed by atoms with van der Waals surface area (Å²) >= 11 is 0. The van der Waals surface area contributed by atoms with Gasteiger partial charge in [0, 0.05) is 12.1 Å². The topological polar surface area (TPSA) is 41.1 Å². The summed E-state index contributed by atoms with van der Waals surface area (Å²) in [5.74, 6) is 0.934. The van der Waals surface area contributed by atoms with Gasteiger partial charge >= 0.3 is 0 Å². The molecule has 0 spiro atoms. The third kappa shape index (κ3) is 2.07. The van der Waals surface area contributed by atoms with E-state index in [1.54, 1.807) is 0 Å². The van der Waals surface area contributed by atoms with Crippen LogP contribution in [0.25, 0.3) is 0 Å². The van der Waals surface area contributed by atoms with E-state index in [9.17, 15) is 4.79 Å². The Hall–Kier alpha value is -0.570. The van der Waals surface area contributed by atoms with Crippen molar-refractivity contribution in [2.24, 2.45) is 16.7 Å². The Morgan fingerprint density at radius 3 is 2.44 bits per heavy atom. The SMILES string of the molecule is CC(C)NCC(=O)NC1CC2CCC1(C)C2(C)C. The van der Waals surface area contributed by atoms with Gasteiger partial charge in [0.05, 0.1) is 6.54 Å². The molecule has 2 aliphatic carbocycles. The van der Waals surface area contributed by atoms with Gasteiger partial charge in [-0.3, -0.25) is 4.79 Å². The van der Waals surface area contributed by atoms with Gasteiger partial charge in [-0.1, -0.05) is 34.6 Å². The highest BCUT2D eigenvalue weighted by atomic mass is 16.2. The maximum atomic E-state index is 12.0. The van der Waals surface area contributed by atoms with Crippen LogP contribution >= 0.6 is 0 Å². The summed E-state index contributed by atoms with van der Waals surface area (Å²) in [4.78, 5) is 12.0. The summed E-state index contributed by atoms with van der Waals surface area (Å²) < 4.78 is 0. The molecule has 2 rings (SSSR count). The molecule has 3 heteroatoms. The van der Waals surface area contributed by atoms with Crippen LogP contribution in [0.4, 0.5) is 0 Å². The lowest BCUT2D eigenvalue weighted by Crippen LogP contribution is -2.49. The van der Waals surface area contributed by atoms with Crippen molar-refractivity contribution < 1.29 is 4.79 Å². The number of nitrogens with one attached hydrogen (secondary N) is 2. The van der Waals surface area contributed by atoms with Crippen molar-refractivity contribution in [1.82, 2.24) is 10.6 Å². The van der Waals surface area contributed by atoms with E-state index in [0.29, 0.717) is 24.0 Å². The second-order valence-electron chi connectivity index (χ2n) is 7.27. The van der Waals surface area contributed by atoms with Crippen molar-refractivity contribution in [2.45, 2.75) is 66.0 Å². The molecule has 1 amide bonds. The molecule has 3 nitrogen and oxygen atoms in total. The molecule has 0 aromatic carbocycles. The van der Waals surface area contributed by atoms with Crippen LogP contribution < -0.4 is 10.6 Å². The van der Waals surface area contributed by atoms with Gasteiger partial charge in [-0.15, -0.1) is 0 Å². The molecule has 0 radical (unpaired) electrons. The van der Waals surface area contributed by atoms with Crippen LogP contribution in [0.3, 0.4) is 0 Å². The molecular weight excluding hydrogens is 224 g/mol. The van der Waals surface area contributed by atoms with Gasteiger partial charge in [0.15, 0.2) is 0 Å². The Bertz CT molecular complexity index is 337. The van der Waals surface area contributed by atoms with Gasteiger partial charge in [0.25, 0.3) is 0 Å². The first kappa shape index (κ1) is 13.9. The molecule has 3 atom stereocenters. The number of hydrogen-bond donors (Lipinski definition) is 2. The van der Waals surface area contributed by atoms with Crippen LogP contribution in [0.5, 0.6) is 0 Å². The van der Waals surface area contributed by atoms with E-state index in [0.717, 1.165) is 12.3 Å². The van der Waals surface area contributed by atoms with Crippen LogP contribution in [0.2, 0.25) is 0 Å². The van der Waals surface area contributed by atoms with Crippen molar-refractivity contribution in [1.29, 1.82) is 0 Å². The number of carbonyl (C=O) groups excluding carboxylic acids is 1. The van der Waals surface area contributed by atoms with E-state index >= 15 is 0 Å². The van der Waals surface area contributed by atoms with Gasteiger partial charge in [-0.25, -0.2) is 0 Å². The number of carbonyl (C=O) groups is 1. The first-order valence-electron chi connectivity index (χ1n) is 7.30. The summed E-state index contributed by atoms with van der Waals surface area (Å²) in [7, 11) is 0. The Morgan fingerprint density at radius 2 is 2.00 bits per heavy atom. The molecule has 2 saturated carbocycles. The van der Waals surface area contributed by atoms with Crippen molar-refractivity contribution in [3.05, 3.63) is 0 Å². The summed E-state index contributed by atoms with van der Waals surface area (Å²) in [6.07, 6.45) is 3.75. The van der Waals surface area contributed by atoms with Crippen LogP contribution in [0.15, 0.2) is 0 Å². The highest BCUT2D eigenvalue weighted by Crippen LogP contribution is 2.65. The predicted molar refractivity (Wildman–Crippen MR) is 74.3 cm³/mol. The van der Waals surface area contributed by atoms with Crippen LogP contribution in [-0.4, -0.2) is 24.5 Å². The lowest BCUT2D eigenvalue weighted by atomic mass is 9.69. The third-order valence-electron chi connectivity index (χ3n) is 5.80. The molecule has 3 unspecified atom stereocenters. The smallest absolute Gasteiger partial charge is 0.234 e. The highest BCUT2D eigenvalue weighted by molar-refractivity contribution is 5.78. The van der Waals surface area contributed by atoms with Gasteiger partial charge in [-0.05, 0) is 36.0 Å². The quantitative estimate of drug-likeness (QED) is 0.806. The van der Waals surface area contributed by atoms with Crippen molar-refractivity contribution in [3.63, 3.8) is 0 Å².